The van der Waals surface area contributed by atoms with E-state index in [9.17, 15) is 13.2 Å². The zero-order chi connectivity index (χ0) is 24.3. The van der Waals surface area contributed by atoms with Crippen LogP contribution in [-0.2, 0) is 14.9 Å². The Hall–Kier alpha value is -3.11. The van der Waals surface area contributed by atoms with Gasteiger partial charge in [0.05, 0.1) is 11.0 Å². The molecule has 1 aliphatic heterocycles. The van der Waals surface area contributed by atoms with Gasteiger partial charge in [0, 0.05) is 24.2 Å². The van der Waals surface area contributed by atoms with Crippen molar-refractivity contribution in [1.82, 2.24) is 14.9 Å². The Morgan fingerprint density at radius 3 is 2.60 bits per heavy atom. The van der Waals surface area contributed by atoms with Gasteiger partial charge >= 0.3 is 10.1 Å². The zero-order valence-electron chi connectivity index (χ0n) is 19.6. The fourth-order valence-electron chi connectivity index (χ4n) is 4.29. The first-order valence-electron chi connectivity index (χ1n) is 12.3. The van der Waals surface area contributed by atoms with Crippen molar-refractivity contribution in [2.24, 2.45) is 5.92 Å². The molecule has 2 heterocycles. The molecular weight excluding hydrogens is 466 g/mol. The van der Waals surface area contributed by atoms with Gasteiger partial charge in [0.15, 0.2) is 0 Å². The summed E-state index contributed by atoms with van der Waals surface area (Å²) in [5, 5.41) is 6.11. The molecule has 1 amide bonds. The maximum absolute atomic E-state index is 12.8. The van der Waals surface area contributed by atoms with E-state index >= 15 is 0 Å². The first-order valence-corrected chi connectivity index (χ1v) is 13.7. The summed E-state index contributed by atoms with van der Waals surface area (Å²) < 4.78 is 30.9. The molecule has 2 fully saturated rings. The van der Waals surface area contributed by atoms with Crippen LogP contribution in [0.2, 0.25) is 0 Å². The number of piperidine rings is 1. The topological polar surface area (TPSA) is 116 Å². The second kappa shape index (κ2) is 10.2. The summed E-state index contributed by atoms with van der Waals surface area (Å²) in [5.74, 6) is 0.511. The summed E-state index contributed by atoms with van der Waals surface area (Å²) in [5.41, 5.74) is 2.06. The summed E-state index contributed by atoms with van der Waals surface area (Å²) in [6.45, 7) is 4.31. The van der Waals surface area contributed by atoms with Crippen molar-refractivity contribution >= 4 is 38.7 Å². The molecule has 2 aromatic carbocycles. The van der Waals surface area contributed by atoms with E-state index < -0.39 is 10.1 Å². The number of rotatable bonds is 10. The van der Waals surface area contributed by atoms with Crippen LogP contribution in [-0.4, -0.2) is 55.4 Å². The molecule has 2 aliphatic rings. The Kier molecular flexibility index (Phi) is 6.92. The number of amides is 1. The van der Waals surface area contributed by atoms with Crippen LogP contribution in [0, 0.1) is 5.92 Å². The molecule has 35 heavy (non-hydrogen) atoms. The van der Waals surface area contributed by atoms with E-state index in [0.717, 1.165) is 38.0 Å². The Bertz CT molecular complexity index is 1280. The van der Waals surface area contributed by atoms with Crippen LogP contribution in [0.3, 0.4) is 0 Å². The molecule has 1 aliphatic carbocycles. The normalized spacial score (nSPS) is 16.8. The molecule has 3 N–H and O–H groups in total. The fourth-order valence-corrected chi connectivity index (χ4v) is 5.22. The highest BCUT2D eigenvalue weighted by molar-refractivity contribution is 7.87. The third kappa shape index (κ3) is 6.12. The lowest BCUT2D eigenvalue weighted by atomic mass is 10.1. The number of H-pyrrole nitrogens is 1. The van der Waals surface area contributed by atoms with E-state index in [0.29, 0.717) is 17.0 Å². The van der Waals surface area contributed by atoms with Crippen LogP contribution in [0.25, 0.3) is 11.0 Å². The number of carbonyl (C=O) groups is 1. The number of aromatic amines is 1. The predicted octanol–water partition coefficient (Wildman–Crippen LogP) is 3.97. The minimum absolute atomic E-state index is 0.0527. The van der Waals surface area contributed by atoms with Gasteiger partial charge < -0.3 is 19.4 Å². The maximum atomic E-state index is 12.8. The lowest BCUT2D eigenvalue weighted by Gasteiger charge is -2.26. The van der Waals surface area contributed by atoms with Crippen molar-refractivity contribution in [3.8, 4) is 5.75 Å². The summed E-state index contributed by atoms with van der Waals surface area (Å²) in [7, 11) is -4.00. The molecule has 3 aromatic rings. The number of nitrogens with zero attached hydrogens (tertiary/aromatic N) is 2. The van der Waals surface area contributed by atoms with Crippen LogP contribution in [0.4, 0.5) is 11.6 Å². The second-order valence-electron chi connectivity index (χ2n) is 9.27. The molecule has 1 saturated carbocycles. The minimum Gasteiger partial charge on any atom is -0.385 e. The van der Waals surface area contributed by atoms with Gasteiger partial charge in [-0.15, -0.1) is 0 Å². The number of carbonyl (C=O) groups excluding carboxylic acids is 1. The molecule has 1 saturated heterocycles. The van der Waals surface area contributed by atoms with E-state index in [1.807, 2.05) is 0 Å². The number of anilines is 2. The van der Waals surface area contributed by atoms with Gasteiger partial charge in [0.1, 0.15) is 10.6 Å². The van der Waals surface area contributed by atoms with Crippen LogP contribution in [0.1, 0.15) is 38.5 Å². The number of fused-ring (bicyclic) bond motifs is 1. The first-order chi connectivity index (χ1) is 17.0. The SMILES string of the molecule is O=C(Nc1nc2cc(OS(=O)(=O)c3ccc(NCCCN4CCCCC4)cc3)ccc2[nH]1)C1CC1. The Morgan fingerprint density at radius 2 is 1.86 bits per heavy atom. The average Bonchev–Trinajstić information content (AvgIpc) is 3.63. The molecule has 0 atom stereocenters. The van der Waals surface area contributed by atoms with Crippen LogP contribution >= 0.6 is 0 Å². The van der Waals surface area contributed by atoms with Gasteiger partial charge in [-0.05, 0) is 88.1 Å². The standard InChI is InChI=1S/C25H31N5O4S/c31-24(18-5-6-18)29-25-27-22-12-9-20(17-23(22)28-25)34-35(32,33)21-10-7-19(8-11-21)26-13-4-16-30-14-2-1-3-15-30/h7-12,17-18,26H,1-6,13-16H2,(H2,27,28,29,31). The molecule has 1 aromatic heterocycles. The van der Waals surface area contributed by atoms with Crippen LogP contribution in [0.5, 0.6) is 5.75 Å². The van der Waals surface area contributed by atoms with Gasteiger partial charge in [-0.25, -0.2) is 4.98 Å². The molecule has 186 valence electrons. The molecule has 0 bridgehead atoms. The third-order valence-electron chi connectivity index (χ3n) is 6.42. The second-order valence-corrected chi connectivity index (χ2v) is 10.8. The Labute approximate surface area is 205 Å². The lowest BCUT2D eigenvalue weighted by molar-refractivity contribution is -0.117. The number of aromatic nitrogens is 2. The van der Waals surface area contributed by atoms with Gasteiger partial charge in [-0.1, -0.05) is 6.42 Å². The van der Waals surface area contributed by atoms with Gasteiger partial charge in [-0.2, -0.15) is 8.42 Å². The maximum Gasteiger partial charge on any atom is 0.339 e. The van der Waals surface area contributed by atoms with Crippen LogP contribution in [0.15, 0.2) is 47.4 Å². The quantitative estimate of drug-likeness (QED) is 0.287. The van der Waals surface area contributed by atoms with E-state index in [1.54, 1.807) is 36.4 Å². The van der Waals surface area contributed by atoms with Crippen molar-refractivity contribution < 1.29 is 17.4 Å². The Balaban J connectivity index is 1.16. The number of hydrogen-bond acceptors (Lipinski definition) is 7. The van der Waals surface area contributed by atoms with Gasteiger partial charge in [0.25, 0.3) is 0 Å². The number of likely N-dealkylation sites (tertiary alicyclic amines) is 1. The number of hydrogen-bond donors (Lipinski definition) is 3. The molecule has 9 nitrogen and oxygen atoms in total. The minimum atomic E-state index is -4.00. The lowest BCUT2D eigenvalue weighted by Crippen LogP contribution is -2.31. The van der Waals surface area contributed by atoms with E-state index in [1.165, 1.54) is 38.4 Å². The summed E-state index contributed by atoms with van der Waals surface area (Å²) in [6.07, 6.45) is 6.77. The highest BCUT2D eigenvalue weighted by atomic mass is 32.2. The van der Waals surface area contributed by atoms with E-state index in [4.69, 9.17) is 4.18 Å². The molecule has 0 spiro atoms. The van der Waals surface area contributed by atoms with Gasteiger partial charge in [-0.3, -0.25) is 10.1 Å². The number of nitrogens with one attached hydrogen (secondary N) is 3. The van der Waals surface area contributed by atoms with Crippen LogP contribution < -0.4 is 14.8 Å². The van der Waals surface area contributed by atoms with Crippen molar-refractivity contribution in [2.45, 2.75) is 43.4 Å². The Morgan fingerprint density at radius 1 is 1.09 bits per heavy atom. The van der Waals surface area contributed by atoms with Crippen molar-refractivity contribution in [1.29, 1.82) is 0 Å². The number of benzene rings is 2. The third-order valence-corrected chi connectivity index (χ3v) is 7.68. The highest BCUT2D eigenvalue weighted by Gasteiger charge is 2.30. The largest absolute Gasteiger partial charge is 0.385 e. The van der Waals surface area contributed by atoms with Crippen molar-refractivity contribution in [2.75, 3.05) is 36.8 Å². The molecule has 0 unspecified atom stereocenters. The smallest absolute Gasteiger partial charge is 0.339 e. The van der Waals surface area contributed by atoms with E-state index in [-0.39, 0.29) is 22.5 Å². The molecular formula is C25H31N5O4S. The zero-order valence-corrected chi connectivity index (χ0v) is 20.4. The number of imidazole rings is 1. The summed E-state index contributed by atoms with van der Waals surface area (Å²) in [4.78, 5) is 21.9. The fraction of sp³-hybridized carbons (Fsp3) is 0.440. The monoisotopic (exact) mass is 497 g/mol. The van der Waals surface area contributed by atoms with Crippen molar-refractivity contribution in [3.63, 3.8) is 0 Å². The highest BCUT2D eigenvalue weighted by Crippen LogP contribution is 2.30. The average molecular weight is 498 g/mol. The molecule has 5 rings (SSSR count). The first kappa shape index (κ1) is 23.6. The molecule has 10 heteroatoms. The molecule has 0 radical (unpaired) electrons. The van der Waals surface area contributed by atoms with E-state index in [2.05, 4.69) is 25.5 Å². The predicted molar refractivity (Wildman–Crippen MR) is 135 cm³/mol. The summed E-state index contributed by atoms with van der Waals surface area (Å²) in [6, 6.07) is 11.4. The van der Waals surface area contributed by atoms with Crippen molar-refractivity contribution in [3.05, 3.63) is 42.5 Å². The summed E-state index contributed by atoms with van der Waals surface area (Å²) >= 11 is 0. The van der Waals surface area contributed by atoms with Gasteiger partial charge in [0.2, 0.25) is 11.9 Å².